The maximum absolute atomic E-state index is 12.7. The van der Waals surface area contributed by atoms with Crippen molar-refractivity contribution in [1.82, 2.24) is 19.2 Å². The highest BCUT2D eigenvalue weighted by Crippen LogP contribution is 2.33. The number of benzene rings is 1. The highest BCUT2D eigenvalue weighted by molar-refractivity contribution is 7.89. The average molecular weight is 570 g/mol. The second-order valence-corrected chi connectivity index (χ2v) is 11.8. The average Bonchev–Trinajstić information content (AvgIpc) is 3.52. The van der Waals surface area contributed by atoms with Crippen molar-refractivity contribution in [2.75, 3.05) is 37.8 Å². The van der Waals surface area contributed by atoms with Gasteiger partial charge >= 0.3 is 6.18 Å². The lowest BCUT2D eigenvalue weighted by molar-refractivity contribution is -0.147. The van der Waals surface area contributed by atoms with E-state index < -0.39 is 34.6 Å². The fraction of sp³-hybridized carbons (Fsp3) is 0.375. The molecule has 1 saturated heterocycles. The largest absolute Gasteiger partial charge is 0.401 e. The van der Waals surface area contributed by atoms with E-state index in [1.54, 1.807) is 5.38 Å². The lowest BCUT2D eigenvalue weighted by atomic mass is 9.88. The number of anilines is 1. The van der Waals surface area contributed by atoms with Crippen LogP contribution in [0.2, 0.25) is 0 Å². The summed E-state index contributed by atoms with van der Waals surface area (Å²) < 4.78 is 61.9. The number of aromatic nitrogens is 2. The predicted molar refractivity (Wildman–Crippen MR) is 138 cm³/mol. The van der Waals surface area contributed by atoms with Crippen LogP contribution in [0.15, 0.2) is 48.1 Å². The number of carbonyl (C=O) groups is 2. The Bertz CT molecular complexity index is 1410. The van der Waals surface area contributed by atoms with Gasteiger partial charge in [0.25, 0.3) is 5.91 Å². The van der Waals surface area contributed by atoms with Gasteiger partial charge in [0.2, 0.25) is 15.9 Å². The number of likely N-dealkylation sites (tertiary alicyclic amines) is 1. The molecule has 0 bridgehead atoms. The van der Waals surface area contributed by atoms with E-state index in [0.29, 0.717) is 36.8 Å². The standard InChI is InChI=1S/C24H26F3N5O4S2/c1-38(35,36)32-10-7-19(13-32)22(34)28-12-21(33)30-23-29-20(14-37-23)18-4-2-3-17(11-18)16-5-8-31(9-6-16)15-24(25,26)27/h2-4,7,10-11,13-14,16H,5-6,8-9,12,15H2,1H3,(H,28,34)(H,29,30,33). The number of hydrogen-bond acceptors (Lipinski definition) is 7. The van der Waals surface area contributed by atoms with E-state index in [1.165, 1.54) is 28.5 Å². The number of hydrogen-bond donors (Lipinski definition) is 2. The van der Waals surface area contributed by atoms with E-state index in [0.717, 1.165) is 27.6 Å². The summed E-state index contributed by atoms with van der Waals surface area (Å²) in [6, 6.07) is 9.05. The molecule has 3 aromatic rings. The van der Waals surface area contributed by atoms with Gasteiger partial charge in [-0.3, -0.25) is 18.5 Å². The minimum Gasteiger partial charge on any atom is -0.343 e. The first kappa shape index (κ1) is 27.8. The first-order chi connectivity index (χ1) is 17.9. The maximum Gasteiger partial charge on any atom is 0.401 e. The number of piperidine rings is 1. The van der Waals surface area contributed by atoms with Gasteiger partial charge in [-0.25, -0.2) is 13.4 Å². The van der Waals surface area contributed by atoms with Crippen molar-refractivity contribution in [2.45, 2.75) is 24.9 Å². The van der Waals surface area contributed by atoms with Gasteiger partial charge in [-0.2, -0.15) is 13.2 Å². The van der Waals surface area contributed by atoms with Crippen LogP contribution < -0.4 is 10.6 Å². The quantitative estimate of drug-likeness (QED) is 0.429. The van der Waals surface area contributed by atoms with Crippen molar-refractivity contribution in [3.05, 3.63) is 59.2 Å². The van der Waals surface area contributed by atoms with E-state index in [9.17, 15) is 31.2 Å². The van der Waals surface area contributed by atoms with Crippen molar-refractivity contribution in [1.29, 1.82) is 0 Å². The number of amides is 2. The maximum atomic E-state index is 12.7. The third-order valence-electron chi connectivity index (χ3n) is 6.12. The van der Waals surface area contributed by atoms with Gasteiger partial charge in [0, 0.05) is 23.3 Å². The van der Waals surface area contributed by atoms with Gasteiger partial charge < -0.3 is 10.6 Å². The van der Waals surface area contributed by atoms with Gasteiger partial charge in [0.1, 0.15) is 0 Å². The van der Waals surface area contributed by atoms with Crippen LogP contribution in [0, 0.1) is 0 Å². The summed E-state index contributed by atoms with van der Waals surface area (Å²) >= 11 is 1.22. The van der Waals surface area contributed by atoms with Crippen molar-refractivity contribution in [3.63, 3.8) is 0 Å². The van der Waals surface area contributed by atoms with Gasteiger partial charge in [-0.1, -0.05) is 18.2 Å². The first-order valence-electron chi connectivity index (χ1n) is 11.7. The van der Waals surface area contributed by atoms with Gasteiger partial charge in [-0.15, -0.1) is 11.3 Å². The van der Waals surface area contributed by atoms with E-state index in [-0.39, 0.29) is 18.0 Å². The summed E-state index contributed by atoms with van der Waals surface area (Å²) in [5.41, 5.74) is 2.62. The fourth-order valence-electron chi connectivity index (χ4n) is 4.24. The number of nitrogens with zero attached hydrogens (tertiary/aromatic N) is 3. The predicted octanol–water partition coefficient (Wildman–Crippen LogP) is 3.53. The highest BCUT2D eigenvalue weighted by atomic mass is 32.2. The Kier molecular flexibility index (Phi) is 8.23. The molecule has 1 fully saturated rings. The Balaban J connectivity index is 1.30. The minimum atomic E-state index is -4.19. The number of nitrogens with one attached hydrogen (secondary N) is 2. The molecule has 204 valence electrons. The van der Waals surface area contributed by atoms with Crippen molar-refractivity contribution in [2.24, 2.45) is 0 Å². The molecule has 2 amide bonds. The van der Waals surface area contributed by atoms with Crippen LogP contribution in [0.1, 0.15) is 34.7 Å². The lowest BCUT2D eigenvalue weighted by Gasteiger charge is -2.32. The zero-order valence-electron chi connectivity index (χ0n) is 20.4. The molecule has 0 spiro atoms. The molecule has 38 heavy (non-hydrogen) atoms. The third-order valence-corrected chi connectivity index (χ3v) is 7.87. The smallest absolute Gasteiger partial charge is 0.343 e. The van der Waals surface area contributed by atoms with Gasteiger partial charge in [0.15, 0.2) is 5.13 Å². The highest BCUT2D eigenvalue weighted by Gasteiger charge is 2.32. The molecule has 3 heterocycles. The Morgan fingerprint density at radius 2 is 1.92 bits per heavy atom. The van der Waals surface area contributed by atoms with Crippen LogP contribution in [0.25, 0.3) is 11.3 Å². The van der Waals surface area contributed by atoms with Crippen LogP contribution in [-0.2, 0) is 14.8 Å². The minimum absolute atomic E-state index is 0.102. The second kappa shape index (κ2) is 11.3. The summed E-state index contributed by atoms with van der Waals surface area (Å²) in [6.45, 7) is -0.434. The Morgan fingerprint density at radius 1 is 1.18 bits per heavy atom. The lowest BCUT2D eigenvalue weighted by Crippen LogP contribution is -2.39. The molecule has 0 saturated carbocycles. The topological polar surface area (TPSA) is 113 Å². The normalized spacial score (nSPS) is 15.4. The van der Waals surface area contributed by atoms with Crippen molar-refractivity contribution >= 4 is 38.3 Å². The molecule has 0 radical (unpaired) electrons. The number of thiazole rings is 1. The van der Waals surface area contributed by atoms with Gasteiger partial charge in [0.05, 0.1) is 30.6 Å². The Morgan fingerprint density at radius 3 is 2.58 bits per heavy atom. The van der Waals surface area contributed by atoms with Crippen LogP contribution in [0.5, 0.6) is 0 Å². The van der Waals surface area contributed by atoms with Gasteiger partial charge in [-0.05, 0) is 49.5 Å². The molecule has 0 unspecified atom stereocenters. The summed E-state index contributed by atoms with van der Waals surface area (Å²) in [7, 11) is -3.51. The number of carbonyl (C=O) groups excluding carboxylic acids is 2. The zero-order valence-corrected chi connectivity index (χ0v) is 22.0. The molecule has 0 atom stereocenters. The SMILES string of the molecule is CS(=O)(=O)n1ccc(C(=O)NCC(=O)Nc2nc(-c3cccc(C4CCN(CC(F)(F)F)CC4)c3)cs2)c1. The second-order valence-electron chi connectivity index (χ2n) is 9.05. The molecular formula is C24H26F3N5O4S2. The summed E-state index contributed by atoms with van der Waals surface area (Å²) in [5.74, 6) is -0.931. The first-order valence-corrected chi connectivity index (χ1v) is 14.4. The third kappa shape index (κ3) is 7.42. The van der Waals surface area contributed by atoms with E-state index in [4.69, 9.17) is 0 Å². The number of halogens is 3. The molecule has 2 aromatic heterocycles. The fourth-order valence-corrected chi connectivity index (χ4v) is 5.56. The zero-order chi connectivity index (χ0) is 27.5. The van der Waals surface area contributed by atoms with Crippen molar-refractivity contribution in [3.8, 4) is 11.3 Å². The molecule has 2 N–H and O–H groups in total. The van der Waals surface area contributed by atoms with E-state index >= 15 is 0 Å². The monoisotopic (exact) mass is 569 g/mol. The molecule has 4 rings (SSSR count). The number of alkyl halides is 3. The Labute approximate surface area is 221 Å². The van der Waals surface area contributed by atoms with E-state index in [1.807, 2.05) is 24.3 Å². The molecule has 0 aliphatic carbocycles. The van der Waals surface area contributed by atoms with Crippen LogP contribution in [0.3, 0.4) is 0 Å². The summed E-state index contributed by atoms with van der Waals surface area (Å²) in [5, 5.41) is 7.18. The molecule has 1 aliphatic rings. The molecule has 1 aromatic carbocycles. The summed E-state index contributed by atoms with van der Waals surface area (Å²) in [6.07, 6.45) is 0.503. The van der Waals surface area contributed by atoms with Crippen LogP contribution in [0.4, 0.5) is 18.3 Å². The van der Waals surface area contributed by atoms with Crippen LogP contribution in [-0.4, -0.2) is 72.7 Å². The molecular weight excluding hydrogens is 543 g/mol. The molecule has 1 aliphatic heterocycles. The Hall–Kier alpha value is -3.23. The van der Waals surface area contributed by atoms with E-state index in [2.05, 4.69) is 15.6 Å². The summed E-state index contributed by atoms with van der Waals surface area (Å²) in [4.78, 5) is 30.4. The molecule has 14 heteroatoms. The number of rotatable bonds is 8. The van der Waals surface area contributed by atoms with Crippen molar-refractivity contribution < 1.29 is 31.2 Å². The molecule has 9 nitrogen and oxygen atoms in total. The van der Waals surface area contributed by atoms with Crippen LogP contribution >= 0.6 is 11.3 Å².